The highest BCUT2D eigenvalue weighted by Crippen LogP contribution is 2.17. The topological polar surface area (TPSA) is 66.2 Å². The lowest BCUT2D eigenvalue weighted by atomic mass is 9.80. The van der Waals surface area contributed by atoms with E-state index in [1.54, 1.807) is 12.1 Å². The fourth-order valence-corrected chi connectivity index (χ4v) is 2.90. The number of nitrogens with zero attached hydrogens (tertiary/aromatic N) is 2. The van der Waals surface area contributed by atoms with Crippen LogP contribution in [0.25, 0.3) is 11.3 Å². The number of benzene rings is 2. The van der Waals surface area contributed by atoms with Crippen molar-refractivity contribution in [3.63, 3.8) is 0 Å². The molecule has 2 heterocycles. The molecule has 0 unspecified atom stereocenters. The van der Waals surface area contributed by atoms with Crippen LogP contribution in [0, 0.1) is 25.5 Å². The molecule has 0 saturated heterocycles. The summed E-state index contributed by atoms with van der Waals surface area (Å²) in [6, 6.07) is 23.0. The molecule has 4 nitrogen and oxygen atoms in total. The van der Waals surface area contributed by atoms with Gasteiger partial charge in [-0.15, -0.1) is 0 Å². The predicted molar refractivity (Wildman–Crippen MR) is 134 cm³/mol. The van der Waals surface area contributed by atoms with Crippen LogP contribution < -0.4 is 5.46 Å². The Morgan fingerprint density at radius 3 is 1.61 bits per heavy atom. The Bertz CT molecular complexity index is 1090. The Morgan fingerprint density at radius 1 is 0.697 bits per heavy atom. The standard InChI is InChI=1S/C12H10FN.C6H6BFO2.C6H6BrN.CH4/c1-9-3-2-4-12(14-9)10-5-7-11(13)8-6-10;8-6-3-1-5(2-4-6)7(9)10;1-5-3-2-4-6(7)8-5;/h2-8H,1H3;1-4,9-10H;2-4H,1H3;1H4. The van der Waals surface area contributed by atoms with Gasteiger partial charge in [0.2, 0.25) is 0 Å². The molecule has 8 heteroatoms. The van der Waals surface area contributed by atoms with Crippen LogP contribution in [0.1, 0.15) is 18.8 Å². The Kier molecular flexibility index (Phi) is 12.1. The molecule has 172 valence electrons. The van der Waals surface area contributed by atoms with E-state index in [1.165, 1.54) is 36.4 Å². The van der Waals surface area contributed by atoms with Gasteiger partial charge < -0.3 is 10.0 Å². The van der Waals surface area contributed by atoms with E-state index >= 15 is 0 Å². The van der Waals surface area contributed by atoms with E-state index in [9.17, 15) is 8.78 Å². The van der Waals surface area contributed by atoms with Crippen LogP contribution in [0.3, 0.4) is 0 Å². The quantitative estimate of drug-likeness (QED) is 0.274. The summed E-state index contributed by atoms with van der Waals surface area (Å²) in [6.07, 6.45) is 0. The number of pyridine rings is 2. The Hall–Kier alpha value is -2.94. The molecule has 2 aromatic heterocycles. The van der Waals surface area contributed by atoms with Crippen LogP contribution >= 0.6 is 15.9 Å². The summed E-state index contributed by atoms with van der Waals surface area (Å²) >= 11 is 3.25. The molecule has 2 aromatic carbocycles. The van der Waals surface area contributed by atoms with E-state index in [0.717, 1.165) is 27.2 Å². The van der Waals surface area contributed by atoms with Crippen molar-refractivity contribution in [1.82, 2.24) is 9.97 Å². The van der Waals surface area contributed by atoms with Crippen molar-refractivity contribution in [2.24, 2.45) is 0 Å². The zero-order valence-corrected chi connectivity index (χ0v) is 19.2. The largest absolute Gasteiger partial charge is 0.488 e. The Labute approximate surface area is 202 Å². The molecule has 33 heavy (non-hydrogen) atoms. The van der Waals surface area contributed by atoms with Crippen molar-refractivity contribution in [2.45, 2.75) is 21.3 Å². The van der Waals surface area contributed by atoms with Crippen LogP contribution in [-0.2, 0) is 0 Å². The minimum atomic E-state index is -1.51. The van der Waals surface area contributed by atoms with Crippen molar-refractivity contribution in [3.8, 4) is 11.3 Å². The highest BCUT2D eigenvalue weighted by Gasteiger charge is 2.09. The molecule has 0 radical (unpaired) electrons. The van der Waals surface area contributed by atoms with Gasteiger partial charge in [-0.2, -0.15) is 0 Å². The van der Waals surface area contributed by atoms with Crippen molar-refractivity contribution in [1.29, 1.82) is 0 Å². The molecule has 0 fully saturated rings. The molecule has 0 saturated carbocycles. The lowest BCUT2D eigenvalue weighted by molar-refractivity contribution is 0.425. The molecular formula is C25H26BBrF2N2O2. The average molecular weight is 515 g/mol. The van der Waals surface area contributed by atoms with Crippen molar-refractivity contribution < 1.29 is 18.8 Å². The highest BCUT2D eigenvalue weighted by molar-refractivity contribution is 9.10. The minimum Gasteiger partial charge on any atom is -0.423 e. The smallest absolute Gasteiger partial charge is 0.423 e. The summed E-state index contributed by atoms with van der Waals surface area (Å²) in [5.74, 6) is -0.606. The van der Waals surface area contributed by atoms with Crippen LogP contribution in [0.4, 0.5) is 8.78 Å². The zero-order chi connectivity index (χ0) is 23.5. The third-order valence-corrected chi connectivity index (χ3v) is 4.49. The number of hydrogen-bond donors (Lipinski definition) is 2. The summed E-state index contributed by atoms with van der Waals surface area (Å²) in [5, 5.41) is 17.1. The SMILES string of the molecule is C.Cc1cccc(-c2ccc(F)cc2)n1.Cc1cccc(Br)n1.OB(O)c1ccc(F)cc1. The van der Waals surface area contributed by atoms with Crippen LogP contribution in [0.2, 0.25) is 0 Å². The second-order valence-electron chi connectivity index (χ2n) is 6.70. The third kappa shape index (κ3) is 10.5. The number of hydrogen-bond acceptors (Lipinski definition) is 4. The van der Waals surface area contributed by atoms with Gasteiger partial charge in [-0.05, 0) is 95.9 Å². The van der Waals surface area contributed by atoms with Gasteiger partial charge in [0.1, 0.15) is 16.2 Å². The van der Waals surface area contributed by atoms with E-state index < -0.39 is 7.12 Å². The summed E-state index contributed by atoms with van der Waals surface area (Å²) < 4.78 is 25.7. The summed E-state index contributed by atoms with van der Waals surface area (Å²) in [4.78, 5) is 8.44. The summed E-state index contributed by atoms with van der Waals surface area (Å²) in [5.41, 5.74) is 4.12. The van der Waals surface area contributed by atoms with Crippen molar-refractivity contribution in [2.75, 3.05) is 0 Å². The number of rotatable bonds is 2. The monoisotopic (exact) mass is 514 g/mol. The molecule has 0 bridgehead atoms. The first-order valence-corrected chi connectivity index (χ1v) is 10.4. The van der Waals surface area contributed by atoms with E-state index in [2.05, 4.69) is 25.9 Å². The lowest BCUT2D eigenvalue weighted by Gasteiger charge is -2.01. The second kappa shape index (κ2) is 14.3. The fourth-order valence-electron chi connectivity index (χ4n) is 2.47. The summed E-state index contributed by atoms with van der Waals surface area (Å²) in [7, 11) is -1.51. The molecular weight excluding hydrogens is 489 g/mol. The minimum absolute atomic E-state index is 0. The Morgan fingerprint density at radius 2 is 1.18 bits per heavy atom. The first-order chi connectivity index (χ1) is 15.2. The van der Waals surface area contributed by atoms with Gasteiger partial charge in [0.05, 0.1) is 5.69 Å². The fraction of sp³-hybridized carbons (Fsp3) is 0.120. The van der Waals surface area contributed by atoms with Gasteiger partial charge in [-0.1, -0.05) is 31.7 Å². The number of aromatic nitrogens is 2. The first kappa shape index (κ1) is 28.1. The second-order valence-corrected chi connectivity index (χ2v) is 7.51. The van der Waals surface area contributed by atoms with Crippen LogP contribution in [0.5, 0.6) is 0 Å². The van der Waals surface area contributed by atoms with Gasteiger partial charge in [0.15, 0.2) is 0 Å². The average Bonchev–Trinajstić information content (AvgIpc) is 2.75. The number of halogens is 3. The Balaban J connectivity index is 0.000000255. The lowest BCUT2D eigenvalue weighted by Crippen LogP contribution is -2.29. The first-order valence-electron chi connectivity index (χ1n) is 9.65. The highest BCUT2D eigenvalue weighted by atomic mass is 79.9. The zero-order valence-electron chi connectivity index (χ0n) is 17.6. The molecule has 4 aromatic rings. The molecule has 0 atom stereocenters. The molecule has 0 aliphatic heterocycles. The normalized spacial score (nSPS) is 9.42. The van der Waals surface area contributed by atoms with Gasteiger partial charge >= 0.3 is 7.12 Å². The molecule has 2 N–H and O–H groups in total. The van der Waals surface area contributed by atoms with E-state index in [4.69, 9.17) is 10.0 Å². The van der Waals surface area contributed by atoms with E-state index in [0.29, 0.717) is 5.46 Å². The maximum atomic E-state index is 12.7. The van der Waals surface area contributed by atoms with Crippen molar-refractivity contribution in [3.05, 3.63) is 113 Å². The predicted octanol–water partition coefficient (Wildman–Crippen LogP) is 5.49. The van der Waals surface area contributed by atoms with Crippen LogP contribution in [0.15, 0.2) is 89.5 Å². The maximum absolute atomic E-state index is 12.7. The van der Waals surface area contributed by atoms with Gasteiger partial charge in [0.25, 0.3) is 0 Å². The van der Waals surface area contributed by atoms with E-state index in [1.807, 2.05) is 50.2 Å². The van der Waals surface area contributed by atoms with Crippen LogP contribution in [-0.4, -0.2) is 27.1 Å². The van der Waals surface area contributed by atoms with Crippen molar-refractivity contribution >= 4 is 28.5 Å². The molecule has 0 amide bonds. The van der Waals surface area contributed by atoms with Gasteiger partial charge in [0, 0.05) is 17.0 Å². The molecule has 0 aliphatic carbocycles. The number of aryl methyl sites for hydroxylation is 2. The van der Waals surface area contributed by atoms with Gasteiger partial charge in [-0.3, -0.25) is 4.98 Å². The molecule has 0 spiro atoms. The maximum Gasteiger partial charge on any atom is 0.488 e. The third-order valence-electron chi connectivity index (χ3n) is 4.05. The van der Waals surface area contributed by atoms with E-state index in [-0.39, 0.29) is 19.1 Å². The van der Waals surface area contributed by atoms with Gasteiger partial charge in [-0.25, -0.2) is 13.8 Å². The summed E-state index contributed by atoms with van der Waals surface area (Å²) in [6.45, 7) is 3.90. The molecule has 0 aliphatic rings. The molecule has 4 rings (SSSR count).